The number of aromatic nitrogens is 1. The number of carbonyl (C=O) groups is 2. The van der Waals surface area contributed by atoms with Crippen LogP contribution < -0.4 is 10.6 Å². The van der Waals surface area contributed by atoms with Crippen molar-refractivity contribution in [3.8, 4) is 0 Å². The monoisotopic (exact) mass is 319 g/mol. The molecule has 1 aromatic carbocycles. The predicted molar refractivity (Wildman–Crippen MR) is 86.2 cm³/mol. The first-order valence-electron chi connectivity index (χ1n) is 7.40. The van der Waals surface area contributed by atoms with E-state index in [4.69, 9.17) is 11.6 Å². The van der Waals surface area contributed by atoms with E-state index in [1.807, 2.05) is 19.1 Å². The van der Waals surface area contributed by atoms with Gasteiger partial charge in [-0.15, -0.1) is 0 Å². The number of hydrogen-bond donors (Lipinski definition) is 3. The third-order valence-electron chi connectivity index (χ3n) is 4.12. The van der Waals surface area contributed by atoms with Gasteiger partial charge in [-0.2, -0.15) is 0 Å². The summed E-state index contributed by atoms with van der Waals surface area (Å²) in [5, 5.41) is 7.43. The normalized spacial score (nSPS) is 18.8. The number of H-pyrrole nitrogens is 1. The summed E-state index contributed by atoms with van der Waals surface area (Å²) in [6.45, 7) is 2.51. The van der Waals surface area contributed by atoms with E-state index in [0.717, 1.165) is 22.9 Å². The fourth-order valence-corrected chi connectivity index (χ4v) is 3.02. The number of carbonyl (C=O) groups excluding carboxylic acids is 2. The zero-order valence-corrected chi connectivity index (χ0v) is 13.1. The largest absolute Gasteiger partial charge is 0.356 e. The Labute approximate surface area is 133 Å². The van der Waals surface area contributed by atoms with Gasteiger partial charge in [0.15, 0.2) is 0 Å². The quantitative estimate of drug-likeness (QED) is 0.795. The van der Waals surface area contributed by atoms with E-state index in [9.17, 15) is 9.59 Å². The highest BCUT2D eigenvalue weighted by Crippen LogP contribution is 2.25. The Kier molecular flexibility index (Phi) is 4.07. The van der Waals surface area contributed by atoms with Crippen LogP contribution in [0.1, 0.15) is 35.3 Å². The molecule has 2 heterocycles. The van der Waals surface area contributed by atoms with Gasteiger partial charge < -0.3 is 15.6 Å². The van der Waals surface area contributed by atoms with Crippen LogP contribution in [0.15, 0.2) is 18.2 Å². The van der Waals surface area contributed by atoms with E-state index in [1.165, 1.54) is 0 Å². The minimum Gasteiger partial charge on any atom is -0.356 e. The molecule has 0 aliphatic carbocycles. The molecule has 5 nitrogen and oxygen atoms in total. The highest BCUT2D eigenvalue weighted by molar-refractivity contribution is 6.31. The standard InChI is InChI=1S/C16H18ClN3O2/c1-9-12-8-10(17)2-4-13(12)20-15(9)16(22)19-11-3-5-14(21)18-7-6-11/h2,4,8,11,20H,3,5-7H2,1H3,(H,18,21)(H,19,22). The molecule has 1 fully saturated rings. The molecule has 1 atom stereocenters. The van der Waals surface area contributed by atoms with Gasteiger partial charge in [0, 0.05) is 34.9 Å². The molecule has 3 rings (SSSR count). The summed E-state index contributed by atoms with van der Waals surface area (Å²) in [7, 11) is 0. The van der Waals surface area contributed by atoms with Crippen molar-refractivity contribution in [2.75, 3.05) is 6.54 Å². The number of halogens is 1. The van der Waals surface area contributed by atoms with Gasteiger partial charge in [0.05, 0.1) is 0 Å². The first-order chi connectivity index (χ1) is 10.5. The fourth-order valence-electron chi connectivity index (χ4n) is 2.85. The molecular formula is C16H18ClN3O2. The molecule has 6 heteroatoms. The maximum absolute atomic E-state index is 12.5. The summed E-state index contributed by atoms with van der Waals surface area (Å²) >= 11 is 6.01. The molecule has 0 radical (unpaired) electrons. The van der Waals surface area contributed by atoms with Gasteiger partial charge in [-0.1, -0.05) is 11.6 Å². The lowest BCUT2D eigenvalue weighted by molar-refractivity contribution is -0.120. The molecule has 1 aliphatic heterocycles. The Morgan fingerprint density at radius 1 is 1.36 bits per heavy atom. The van der Waals surface area contributed by atoms with Crippen molar-refractivity contribution < 1.29 is 9.59 Å². The summed E-state index contributed by atoms with van der Waals surface area (Å²) in [5.41, 5.74) is 2.34. The average Bonchev–Trinajstić information content (AvgIpc) is 2.67. The molecule has 1 aliphatic rings. The van der Waals surface area contributed by atoms with Gasteiger partial charge in [-0.05, 0) is 43.5 Å². The Morgan fingerprint density at radius 2 is 2.18 bits per heavy atom. The van der Waals surface area contributed by atoms with E-state index in [0.29, 0.717) is 30.1 Å². The highest BCUT2D eigenvalue weighted by Gasteiger charge is 2.21. The van der Waals surface area contributed by atoms with Crippen LogP contribution in [0.25, 0.3) is 10.9 Å². The molecule has 3 N–H and O–H groups in total. The maximum atomic E-state index is 12.5. The summed E-state index contributed by atoms with van der Waals surface area (Å²) in [6.07, 6.45) is 1.87. The van der Waals surface area contributed by atoms with Crippen molar-refractivity contribution in [3.05, 3.63) is 34.5 Å². The van der Waals surface area contributed by atoms with Crippen molar-refractivity contribution in [3.63, 3.8) is 0 Å². The molecule has 2 amide bonds. The predicted octanol–water partition coefficient (Wildman–Crippen LogP) is 2.53. The van der Waals surface area contributed by atoms with E-state index < -0.39 is 0 Å². The summed E-state index contributed by atoms with van der Waals surface area (Å²) in [4.78, 5) is 27.0. The van der Waals surface area contributed by atoms with Crippen LogP contribution >= 0.6 is 11.6 Å². The maximum Gasteiger partial charge on any atom is 0.268 e. The summed E-state index contributed by atoms with van der Waals surface area (Å²) in [5.74, 6) is -0.0858. The second kappa shape index (κ2) is 6.01. The van der Waals surface area contributed by atoms with Crippen LogP contribution in [0.5, 0.6) is 0 Å². The van der Waals surface area contributed by atoms with Crippen molar-refractivity contribution >= 4 is 34.3 Å². The molecule has 0 spiro atoms. The van der Waals surface area contributed by atoms with E-state index >= 15 is 0 Å². The topological polar surface area (TPSA) is 74.0 Å². The van der Waals surface area contributed by atoms with Gasteiger partial charge in [0.1, 0.15) is 5.69 Å². The number of fused-ring (bicyclic) bond motifs is 1. The summed E-state index contributed by atoms with van der Waals surface area (Å²) < 4.78 is 0. The lowest BCUT2D eigenvalue weighted by Crippen LogP contribution is -2.35. The van der Waals surface area contributed by atoms with Crippen LogP contribution in [0.3, 0.4) is 0 Å². The zero-order valence-electron chi connectivity index (χ0n) is 12.3. The second-order valence-corrected chi connectivity index (χ2v) is 6.10. The van der Waals surface area contributed by atoms with Gasteiger partial charge in [0.2, 0.25) is 5.91 Å². The van der Waals surface area contributed by atoms with Crippen molar-refractivity contribution in [1.82, 2.24) is 15.6 Å². The van der Waals surface area contributed by atoms with Crippen LogP contribution in [0, 0.1) is 6.92 Å². The minimum absolute atomic E-state index is 0.0147. The number of rotatable bonds is 2. The lowest BCUT2D eigenvalue weighted by atomic mass is 10.1. The van der Waals surface area contributed by atoms with E-state index in [2.05, 4.69) is 15.6 Å². The lowest BCUT2D eigenvalue weighted by Gasteiger charge is -2.15. The van der Waals surface area contributed by atoms with E-state index in [-0.39, 0.29) is 17.9 Å². The Morgan fingerprint density at radius 3 is 3.00 bits per heavy atom. The molecular weight excluding hydrogens is 302 g/mol. The van der Waals surface area contributed by atoms with Crippen molar-refractivity contribution in [1.29, 1.82) is 0 Å². The zero-order chi connectivity index (χ0) is 15.7. The molecule has 0 bridgehead atoms. The van der Waals surface area contributed by atoms with Crippen LogP contribution in [0.4, 0.5) is 0 Å². The number of nitrogens with one attached hydrogen (secondary N) is 3. The van der Waals surface area contributed by atoms with Crippen molar-refractivity contribution in [2.45, 2.75) is 32.2 Å². The van der Waals surface area contributed by atoms with Crippen molar-refractivity contribution in [2.24, 2.45) is 0 Å². The third-order valence-corrected chi connectivity index (χ3v) is 4.35. The van der Waals surface area contributed by atoms with Gasteiger partial charge in [-0.3, -0.25) is 9.59 Å². The molecule has 1 saturated heterocycles. The number of hydrogen-bond acceptors (Lipinski definition) is 2. The third kappa shape index (κ3) is 2.95. The molecule has 1 aromatic heterocycles. The second-order valence-electron chi connectivity index (χ2n) is 5.66. The van der Waals surface area contributed by atoms with E-state index in [1.54, 1.807) is 6.07 Å². The molecule has 1 unspecified atom stereocenters. The first-order valence-corrected chi connectivity index (χ1v) is 7.78. The molecule has 22 heavy (non-hydrogen) atoms. The Balaban J connectivity index is 1.80. The van der Waals surface area contributed by atoms with Crippen LogP contribution in [0.2, 0.25) is 5.02 Å². The first kappa shape index (κ1) is 14.9. The summed E-state index contributed by atoms with van der Waals surface area (Å²) in [6, 6.07) is 5.54. The fraction of sp³-hybridized carbons (Fsp3) is 0.375. The van der Waals surface area contributed by atoms with Gasteiger partial charge >= 0.3 is 0 Å². The minimum atomic E-state index is -0.135. The Hall–Kier alpha value is -2.01. The number of aromatic amines is 1. The number of amides is 2. The molecule has 0 saturated carbocycles. The average molecular weight is 320 g/mol. The van der Waals surface area contributed by atoms with Crippen LogP contribution in [-0.2, 0) is 4.79 Å². The smallest absolute Gasteiger partial charge is 0.268 e. The SMILES string of the molecule is Cc1c(C(=O)NC2CCNC(=O)CC2)[nH]c2ccc(Cl)cc12. The molecule has 2 aromatic rings. The Bertz CT molecular complexity index is 738. The van der Waals surface area contributed by atoms with Gasteiger partial charge in [0.25, 0.3) is 5.91 Å². The number of benzene rings is 1. The highest BCUT2D eigenvalue weighted by atomic mass is 35.5. The number of aryl methyl sites for hydroxylation is 1. The van der Waals surface area contributed by atoms with Gasteiger partial charge in [-0.25, -0.2) is 0 Å². The van der Waals surface area contributed by atoms with Crippen LogP contribution in [-0.4, -0.2) is 29.4 Å². The molecule has 116 valence electrons.